The molecule has 0 saturated heterocycles. The van der Waals surface area contributed by atoms with Gasteiger partial charge in [0.05, 0.1) is 19.0 Å². The smallest absolute Gasteiger partial charge is 0.302 e. The first-order valence-electron chi connectivity index (χ1n) is 11.8. The van der Waals surface area contributed by atoms with Gasteiger partial charge in [-0.1, -0.05) is 63.7 Å². The highest BCUT2D eigenvalue weighted by atomic mass is 16.5. The van der Waals surface area contributed by atoms with Gasteiger partial charge in [-0.15, -0.1) is 0 Å². The second kappa shape index (κ2) is 15.0. The third-order valence-electron chi connectivity index (χ3n) is 5.03. The van der Waals surface area contributed by atoms with E-state index < -0.39 is 0 Å². The topological polar surface area (TPSA) is 61.3 Å². The van der Waals surface area contributed by atoms with E-state index in [0.717, 1.165) is 17.5 Å². The van der Waals surface area contributed by atoms with Crippen LogP contribution in [-0.4, -0.2) is 28.6 Å². The zero-order valence-corrected chi connectivity index (χ0v) is 19.7. The minimum Gasteiger partial charge on any atom is -0.490 e. The fraction of sp³-hybridized carbons (Fsp3) is 0.519. The van der Waals surface area contributed by atoms with E-state index in [1.165, 1.54) is 51.9 Å². The van der Waals surface area contributed by atoms with E-state index in [9.17, 15) is 4.79 Å². The number of aromatic nitrogens is 2. The van der Waals surface area contributed by atoms with E-state index in [1.54, 1.807) is 12.4 Å². The van der Waals surface area contributed by atoms with Crippen LogP contribution in [0, 0.1) is 11.8 Å². The molecule has 1 aromatic carbocycles. The summed E-state index contributed by atoms with van der Waals surface area (Å²) in [6.45, 7) is 6.19. The average molecular weight is 437 g/mol. The standard InChI is InChI=1S/C27H36N2O3/c1-4-5-6-7-8-9-10-11-19-31-26-20-28-27(29-21-26)25-17-15-24(16-18-25)14-12-13-22(2)32-23(3)30/h15-18,20-22H,4-11,13,19H2,1-3H3. The minimum atomic E-state index is -0.284. The van der Waals surface area contributed by atoms with Gasteiger partial charge in [0.1, 0.15) is 6.10 Å². The highest BCUT2D eigenvalue weighted by Crippen LogP contribution is 2.17. The monoisotopic (exact) mass is 436 g/mol. The molecule has 172 valence electrons. The third-order valence-corrected chi connectivity index (χ3v) is 5.03. The van der Waals surface area contributed by atoms with Crippen LogP contribution < -0.4 is 4.74 Å². The maximum Gasteiger partial charge on any atom is 0.302 e. The van der Waals surface area contributed by atoms with Crippen molar-refractivity contribution in [3.05, 3.63) is 42.2 Å². The molecule has 0 aliphatic carbocycles. The van der Waals surface area contributed by atoms with Crippen molar-refractivity contribution < 1.29 is 14.3 Å². The Kier molecular flexibility index (Phi) is 11.9. The first-order chi connectivity index (χ1) is 15.6. The summed E-state index contributed by atoms with van der Waals surface area (Å²) < 4.78 is 10.8. The lowest BCUT2D eigenvalue weighted by atomic mass is 10.1. The molecule has 2 aromatic rings. The number of benzene rings is 1. The van der Waals surface area contributed by atoms with E-state index in [2.05, 4.69) is 28.7 Å². The molecule has 1 heterocycles. The van der Waals surface area contributed by atoms with Gasteiger partial charge in [0.25, 0.3) is 0 Å². The Morgan fingerprint density at radius 2 is 1.59 bits per heavy atom. The fourth-order valence-electron chi connectivity index (χ4n) is 3.29. The Morgan fingerprint density at radius 1 is 0.969 bits per heavy atom. The predicted molar refractivity (Wildman–Crippen MR) is 128 cm³/mol. The Balaban J connectivity index is 1.72. The lowest BCUT2D eigenvalue weighted by molar-refractivity contribution is -0.145. The van der Waals surface area contributed by atoms with Gasteiger partial charge in [-0.05, 0) is 37.6 Å². The summed E-state index contributed by atoms with van der Waals surface area (Å²) >= 11 is 0. The summed E-state index contributed by atoms with van der Waals surface area (Å²) in [7, 11) is 0. The molecule has 0 saturated carbocycles. The van der Waals surface area contributed by atoms with Crippen LogP contribution in [0.25, 0.3) is 11.4 Å². The van der Waals surface area contributed by atoms with E-state index in [-0.39, 0.29) is 12.1 Å². The summed E-state index contributed by atoms with van der Waals surface area (Å²) in [4.78, 5) is 19.8. The van der Waals surface area contributed by atoms with E-state index in [4.69, 9.17) is 9.47 Å². The number of rotatable bonds is 13. The van der Waals surface area contributed by atoms with Gasteiger partial charge in [-0.2, -0.15) is 0 Å². The molecule has 0 amide bonds. The van der Waals surface area contributed by atoms with Crippen molar-refractivity contribution in [2.75, 3.05) is 6.61 Å². The molecule has 1 aromatic heterocycles. The molecule has 0 radical (unpaired) electrons. The van der Waals surface area contributed by atoms with Crippen molar-refractivity contribution in [2.45, 2.75) is 84.7 Å². The highest BCUT2D eigenvalue weighted by Gasteiger charge is 2.04. The largest absolute Gasteiger partial charge is 0.490 e. The number of nitrogens with zero attached hydrogens (tertiary/aromatic N) is 2. The second-order valence-corrected chi connectivity index (χ2v) is 8.07. The molecular formula is C27H36N2O3. The van der Waals surface area contributed by atoms with Gasteiger partial charge in [-0.25, -0.2) is 9.97 Å². The Labute approximate surface area is 193 Å². The first kappa shape index (κ1) is 25.4. The van der Waals surface area contributed by atoms with Crippen LogP contribution in [0.15, 0.2) is 36.7 Å². The van der Waals surface area contributed by atoms with E-state index in [1.807, 2.05) is 31.2 Å². The molecule has 5 nitrogen and oxygen atoms in total. The number of ether oxygens (including phenoxy) is 2. The molecule has 0 aliphatic rings. The van der Waals surface area contributed by atoms with Crippen LogP contribution in [0.1, 0.15) is 84.1 Å². The summed E-state index contributed by atoms with van der Waals surface area (Å²) in [5.74, 6) is 7.21. The van der Waals surface area contributed by atoms with Crippen LogP contribution in [-0.2, 0) is 9.53 Å². The average Bonchev–Trinajstić information content (AvgIpc) is 2.78. The van der Waals surface area contributed by atoms with Crippen LogP contribution >= 0.6 is 0 Å². The summed E-state index contributed by atoms with van der Waals surface area (Å²) in [6, 6.07) is 7.79. The van der Waals surface area contributed by atoms with Gasteiger partial charge in [0.15, 0.2) is 11.6 Å². The maximum absolute atomic E-state index is 10.9. The summed E-state index contributed by atoms with van der Waals surface area (Å²) in [6.07, 6.45) is 14.0. The van der Waals surface area contributed by atoms with Crippen LogP contribution in [0.3, 0.4) is 0 Å². The fourth-order valence-corrected chi connectivity index (χ4v) is 3.29. The zero-order valence-electron chi connectivity index (χ0n) is 19.7. The third kappa shape index (κ3) is 10.4. The quantitative estimate of drug-likeness (QED) is 0.208. The second-order valence-electron chi connectivity index (χ2n) is 8.07. The Bertz CT molecular complexity index is 851. The molecule has 0 aliphatic heterocycles. The molecule has 0 N–H and O–H groups in total. The normalized spacial score (nSPS) is 11.3. The van der Waals surface area contributed by atoms with Crippen molar-refractivity contribution in [3.63, 3.8) is 0 Å². The Morgan fingerprint density at radius 3 is 2.22 bits per heavy atom. The summed E-state index contributed by atoms with van der Waals surface area (Å²) in [5.41, 5.74) is 1.83. The predicted octanol–water partition coefficient (Wildman–Crippen LogP) is 6.36. The Hall–Kier alpha value is -2.87. The molecular weight excluding hydrogens is 400 g/mol. The number of carbonyl (C=O) groups is 1. The molecule has 0 bridgehead atoms. The number of unbranched alkanes of at least 4 members (excludes halogenated alkanes) is 7. The number of carbonyl (C=O) groups excluding carboxylic acids is 1. The number of esters is 1. The van der Waals surface area contributed by atoms with Crippen molar-refractivity contribution in [3.8, 4) is 29.0 Å². The van der Waals surface area contributed by atoms with Crippen LogP contribution in [0.2, 0.25) is 0 Å². The molecule has 1 atom stereocenters. The van der Waals surface area contributed by atoms with Gasteiger partial charge in [0.2, 0.25) is 0 Å². The lowest BCUT2D eigenvalue weighted by Gasteiger charge is -2.07. The first-order valence-corrected chi connectivity index (χ1v) is 11.8. The van der Waals surface area contributed by atoms with Crippen LogP contribution in [0.5, 0.6) is 5.75 Å². The number of hydrogen-bond acceptors (Lipinski definition) is 5. The van der Waals surface area contributed by atoms with Gasteiger partial charge in [-0.3, -0.25) is 4.79 Å². The van der Waals surface area contributed by atoms with Crippen molar-refractivity contribution in [1.29, 1.82) is 0 Å². The minimum absolute atomic E-state index is 0.205. The molecule has 1 unspecified atom stereocenters. The van der Waals surface area contributed by atoms with E-state index >= 15 is 0 Å². The molecule has 32 heavy (non-hydrogen) atoms. The SMILES string of the molecule is CCCCCCCCCCOc1cnc(-c2ccc(C#CCC(C)OC(C)=O)cc2)nc1. The molecule has 2 rings (SSSR count). The zero-order chi connectivity index (χ0) is 23.0. The lowest BCUT2D eigenvalue weighted by Crippen LogP contribution is -2.10. The molecule has 0 fully saturated rings. The van der Waals surface area contributed by atoms with Gasteiger partial charge >= 0.3 is 5.97 Å². The van der Waals surface area contributed by atoms with Crippen molar-refractivity contribution in [1.82, 2.24) is 9.97 Å². The molecule has 0 spiro atoms. The van der Waals surface area contributed by atoms with Crippen LogP contribution in [0.4, 0.5) is 0 Å². The highest BCUT2D eigenvalue weighted by molar-refractivity contribution is 5.66. The van der Waals surface area contributed by atoms with Crippen molar-refractivity contribution in [2.24, 2.45) is 0 Å². The number of hydrogen-bond donors (Lipinski definition) is 0. The summed E-state index contributed by atoms with van der Waals surface area (Å²) in [5, 5.41) is 0. The van der Waals surface area contributed by atoms with E-state index in [0.29, 0.717) is 24.6 Å². The van der Waals surface area contributed by atoms with Crippen molar-refractivity contribution >= 4 is 5.97 Å². The van der Waals surface area contributed by atoms with Gasteiger partial charge in [0, 0.05) is 24.5 Å². The van der Waals surface area contributed by atoms with Gasteiger partial charge < -0.3 is 9.47 Å². The molecule has 5 heteroatoms. The maximum atomic E-state index is 10.9.